The van der Waals surface area contributed by atoms with Gasteiger partial charge in [-0.15, -0.1) is 11.3 Å². The number of thioether (sulfide) groups is 1. The van der Waals surface area contributed by atoms with E-state index in [1.165, 1.54) is 0 Å². The number of halogens is 1. The Hall–Kier alpha value is -1.82. The number of carbonyl (C=O) groups is 1. The van der Waals surface area contributed by atoms with Gasteiger partial charge in [0, 0.05) is 21.8 Å². The molecule has 0 fully saturated rings. The first-order valence-corrected chi connectivity index (χ1v) is 10.0. The Morgan fingerprint density at radius 2 is 2.08 bits per heavy atom. The highest BCUT2D eigenvalue weighted by molar-refractivity contribution is 8.00. The lowest BCUT2D eigenvalue weighted by molar-refractivity contribution is -0.115. The predicted molar refractivity (Wildman–Crippen MR) is 107 cm³/mol. The van der Waals surface area contributed by atoms with Gasteiger partial charge in [0.05, 0.1) is 12.1 Å². The number of thiazole rings is 1. The van der Waals surface area contributed by atoms with Crippen LogP contribution in [-0.2, 0) is 17.0 Å². The van der Waals surface area contributed by atoms with Crippen molar-refractivity contribution < 1.29 is 4.79 Å². The fourth-order valence-electron chi connectivity index (χ4n) is 2.30. The average Bonchev–Trinajstić information content (AvgIpc) is 3.00. The number of amides is 1. The van der Waals surface area contributed by atoms with Crippen molar-refractivity contribution in [3.8, 4) is 0 Å². The summed E-state index contributed by atoms with van der Waals surface area (Å²) in [7, 11) is 0. The zero-order valence-corrected chi connectivity index (χ0v) is 16.0. The summed E-state index contributed by atoms with van der Waals surface area (Å²) in [5, 5.41) is 5.59. The summed E-state index contributed by atoms with van der Waals surface area (Å²) in [5.74, 6) is 0.755. The molecule has 3 nitrogen and oxygen atoms in total. The van der Waals surface area contributed by atoms with Gasteiger partial charge < -0.3 is 5.32 Å². The van der Waals surface area contributed by atoms with E-state index in [1.807, 2.05) is 60.8 Å². The van der Waals surface area contributed by atoms with E-state index in [0.717, 1.165) is 37.6 Å². The van der Waals surface area contributed by atoms with Crippen molar-refractivity contribution in [1.82, 2.24) is 4.98 Å². The Labute approximate surface area is 160 Å². The molecule has 1 amide bonds. The second-order valence-electron chi connectivity index (χ2n) is 5.62. The van der Waals surface area contributed by atoms with Crippen LogP contribution in [0.3, 0.4) is 0 Å². The minimum atomic E-state index is -0.0534. The molecule has 1 N–H and O–H groups in total. The number of aromatic nitrogens is 1. The monoisotopic (exact) mass is 388 g/mol. The van der Waals surface area contributed by atoms with Gasteiger partial charge in [0.25, 0.3) is 0 Å². The van der Waals surface area contributed by atoms with E-state index in [0.29, 0.717) is 0 Å². The van der Waals surface area contributed by atoms with Crippen LogP contribution in [0.15, 0.2) is 58.3 Å². The Bertz CT molecular complexity index is 879. The van der Waals surface area contributed by atoms with E-state index in [-0.39, 0.29) is 12.3 Å². The van der Waals surface area contributed by atoms with Crippen molar-refractivity contribution in [1.29, 1.82) is 0 Å². The first kappa shape index (κ1) is 18.0. The first-order chi connectivity index (χ1) is 12.1. The van der Waals surface area contributed by atoms with Crippen molar-refractivity contribution in [2.75, 3.05) is 5.32 Å². The van der Waals surface area contributed by atoms with E-state index >= 15 is 0 Å². The lowest BCUT2D eigenvalue weighted by Gasteiger charge is -2.04. The maximum Gasteiger partial charge on any atom is 0.230 e. The molecular weight excluding hydrogens is 372 g/mol. The Kier molecular flexibility index (Phi) is 6.13. The van der Waals surface area contributed by atoms with Gasteiger partial charge in [0.1, 0.15) is 4.34 Å². The number of rotatable bonds is 6. The number of carbonyl (C=O) groups excluding carboxylic acids is 1. The summed E-state index contributed by atoms with van der Waals surface area (Å²) >= 11 is 9.21. The van der Waals surface area contributed by atoms with Crippen molar-refractivity contribution in [3.63, 3.8) is 0 Å². The lowest BCUT2D eigenvalue weighted by Crippen LogP contribution is -2.14. The van der Waals surface area contributed by atoms with Crippen molar-refractivity contribution >= 4 is 46.3 Å². The molecule has 1 heterocycles. The van der Waals surface area contributed by atoms with Crippen molar-refractivity contribution in [2.45, 2.75) is 23.4 Å². The number of benzene rings is 2. The number of hydrogen-bond acceptors (Lipinski definition) is 4. The van der Waals surface area contributed by atoms with Crippen LogP contribution in [0.1, 0.15) is 16.8 Å². The van der Waals surface area contributed by atoms with Crippen LogP contribution in [0.5, 0.6) is 0 Å². The summed E-state index contributed by atoms with van der Waals surface area (Å²) in [6, 6.07) is 15.6. The van der Waals surface area contributed by atoms with Gasteiger partial charge in [-0.3, -0.25) is 4.79 Å². The molecule has 0 radical (unpaired) electrons. The van der Waals surface area contributed by atoms with Gasteiger partial charge >= 0.3 is 0 Å². The van der Waals surface area contributed by atoms with Crippen LogP contribution >= 0.6 is 34.7 Å². The smallest absolute Gasteiger partial charge is 0.230 e. The molecule has 25 heavy (non-hydrogen) atoms. The number of aryl methyl sites for hydroxylation is 1. The molecule has 3 aromatic rings. The van der Waals surface area contributed by atoms with Crippen molar-refractivity contribution in [2.24, 2.45) is 0 Å². The lowest BCUT2D eigenvalue weighted by atomic mass is 10.2. The largest absolute Gasteiger partial charge is 0.326 e. The topological polar surface area (TPSA) is 42.0 Å². The first-order valence-electron chi connectivity index (χ1n) is 7.77. The zero-order valence-electron chi connectivity index (χ0n) is 13.7. The molecular formula is C19H17ClN2OS2. The van der Waals surface area contributed by atoms with E-state index in [1.54, 1.807) is 23.1 Å². The SMILES string of the molecule is Cc1cccc(NC(=O)Cc2csc(SCc3cccc(Cl)c3)n2)c1. The fourth-order valence-corrected chi connectivity index (χ4v) is 4.30. The standard InChI is InChI=1S/C19H17ClN2OS2/c1-13-4-2-7-16(8-13)21-18(23)10-17-12-25-19(22-17)24-11-14-5-3-6-15(20)9-14/h2-9,12H,10-11H2,1H3,(H,21,23). The molecule has 6 heteroatoms. The van der Waals surface area contributed by atoms with Crippen LogP contribution in [0.4, 0.5) is 5.69 Å². The van der Waals surface area contributed by atoms with Gasteiger partial charge in [-0.05, 0) is 42.3 Å². The maximum atomic E-state index is 12.2. The molecule has 128 valence electrons. The van der Waals surface area contributed by atoms with E-state index in [2.05, 4.69) is 10.3 Å². The van der Waals surface area contributed by atoms with E-state index in [9.17, 15) is 4.79 Å². The summed E-state index contributed by atoms with van der Waals surface area (Å²) < 4.78 is 0.957. The number of hydrogen-bond donors (Lipinski definition) is 1. The molecule has 0 saturated carbocycles. The minimum Gasteiger partial charge on any atom is -0.326 e. The molecule has 0 aliphatic carbocycles. The third-order valence-electron chi connectivity index (χ3n) is 3.43. The van der Waals surface area contributed by atoms with Gasteiger partial charge in [0.2, 0.25) is 5.91 Å². The Balaban J connectivity index is 1.53. The van der Waals surface area contributed by atoms with E-state index in [4.69, 9.17) is 11.6 Å². The highest BCUT2D eigenvalue weighted by Gasteiger charge is 2.09. The third-order valence-corrected chi connectivity index (χ3v) is 5.80. The third kappa shape index (κ3) is 5.59. The molecule has 3 rings (SSSR count). The predicted octanol–water partition coefficient (Wildman–Crippen LogP) is 5.58. The minimum absolute atomic E-state index is 0.0534. The van der Waals surface area contributed by atoms with Crippen LogP contribution in [0, 0.1) is 6.92 Å². The second kappa shape index (κ2) is 8.52. The summed E-state index contributed by atoms with van der Waals surface area (Å²) in [4.78, 5) is 16.7. The highest BCUT2D eigenvalue weighted by Crippen LogP contribution is 2.27. The zero-order chi connectivity index (χ0) is 17.6. The molecule has 0 atom stereocenters. The maximum absolute atomic E-state index is 12.2. The van der Waals surface area contributed by atoms with Crippen LogP contribution in [0.2, 0.25) is 5.02 Å². The molecule has 0 aliphatic rings. The van der Waals surface area contributed by atoms with Gasteiger partial charge in [0.15, 0.2) is 0 Å². The van der Waals surface area contributed by atoms with Crippen LogP contribution < -0.4 is 5.32 Å². The average molecular weight is 389 g/mol. The normalized spacial score (nSPS) is 10.6. The molecule has 1 aromatic heterocycles. The highest BCUT2D eigenvalue weighted by atomic mass is 35.5. The Morgan fingerprint density at radius 1 is 1.24 bits per heavy atom. The molecule has 0 bridgehead atoms. The quantitative estimate of drug-likeness (QED) is 0.560. The van der Waals surface area contributed by atoms with Crippen LogP contribution in [0.25, 0.3) is 0 Å². The molecule has 0 spiro atoms. The summed E-state index contributed by atoms with van der Waals surface area (Å²) in [6.45, 7) is 2.00. The van der Waals surface area contributed by atoms with Crippen LogP contribution in [-0.4, -0.2) is 10.9 Å². The number of nitrogens with one attached hydrogen (secondary N) is 1. The van der Waals surface area contributed by atoms with Gasteiger partial charge in [-0.25, -0.2) is 4.98 Å². The van der Waals surface area contributed by atoms with Crippen molar-refractivity contribution in [3.05, 3.63) is 75.8 Å². The number of anilines is 1. The molecule has 0 saturated heterocycles. The summed E-state index contributed by atoms with van der Waals surface area (Å²) in [6.07, 6.45) is 0.280. The Morgan fingerprint density at radius 3 is 2.88 bits per heavy atom. The molecule has 2 aromatic carbocycles. The fraction of sp³-hybridized carbons (Fsp3) is 0.158. The van der Waals surface area contributed by atoms with Gasteiger partial charge in [-0.1, -0.05) is 47.6 Å². The second-order valence-corrected chi connectivity index (χ2v) is 8.13. The molecule has 0 aliphatic heterocycles. The molecule has 0 unspecified atom stereocenters. The van der Waals surface area contributed by atoms with E-state index < -0.39 is 0 Å². The van der Waals surface area contributed by atoms with Gasteiger partial charge in [-0.2, -0.15) is 0 Å². The number of nitrogens with zero attached hydrogens (tertiary/aromatic N) is 1. The summed E-state index contributed by atoms with van der Waals surface area (Å²) in [5.41, 5.74) is 3.89.